The van der Waals surface area contributed by atoms with Crippen LogP contribution in [0, 0.1) is 11.6 Å². The minimum Gasteiger partial charge on any atom is -0.477 e. The van der Waals surface area contributed by atoms with Crippen LogP contribution in [0.25, 0.3) is 11.4 Å². The summed E-state index contributed by atoms with van der Waals surface area (Å²) in [5, 5.41) is 15.1. The third-order valence-electron chi connectivity index (χ3n) is 3.35. The van der Waals surface area contributed by atoms with Crippen LogP contribution in [-0.4, -0.2) is 34.7 Å². The van der Waals surface area contributed by atoms with Crippen molar-refractivity contribution in [1.82, 2.24) is 15.2 Å². The zero-order chi connectivity index (χ0) is 18.9. The van der Waals surface area contributed by atoms with E-state index in [0.29, 0.717) is 23.5 Å². The Morgan fingerprint density at radius 2 is 1.73 bits per heavy atom. The molecule has 134 valence electrons. The van der Waals surface area contributed by atoms with E-state index in [0.717, 1.165) is 0 Å². The highest BCUT2D eigenvalue weighted by Gasteiger charge is 2.21. The summed E-state index contributed by atoms with van der Waals surface area (Å²) in [6.45, 7) is 0. The summed E-state index contributed by atoms with van der Waals surface area (Å²) in [5.74, 6) is -4.21. The summed E-state index contributed by atoms with van der Waals surface area (Å²) in [6, 6.07) is 6.65. The molecule has 0 atom stereocenters. The Labute approximate surface area is 145 Å². The Balaban J connectivity index is 1.88. The minimum absolute atomic E-state index is 0.167. The number of benzene rings is 2. The second-order valence-electron chi connectivity index (χ2n) is 5.07. The van der Waals surface area contributed by atoms with Crippen molar-refractivity contribution in [2.24, 2.45) is 0 Å². The fourth-order valence-electron chi connectivity index (χ4n) is 2.18. The monoisotopic (exact) mass is 380 g/mol. The summed E-state index contributed by atoms with van der Waals surface area (Å²) in [5.41, 5.74) is -1.04. The maximum absolute atomic E-state index is 13.7. The van der Waals surface area contributed by atoms with Gasteiger partial charge in [0, 0.05) is 5.56 Å². The first-order valence-electron chi connectivity index (χ1n) is 6.99. The molecule has 3 aromatic rings. The van der Waals surface area contributed by atoms with E-state index in [2.05, 4.69) is 15.2 Å². The van der Waals surface area contributed by atoms with E-state index in [1.807, 2.05) is 4.72 Å². The lowest BCUT2D eigenvalue weighted by Gasteiger charge is -2.10. The average molecular weight is 380 g/mol. The molecular formula is C15H10F2N4O4S. The van der Waals surface area contributed by atoms with Gasteiger partial charge in [-0.05, 0) is 36.4 Å². The highest BCUT2D eigenvalue weighted by atomic mass is 32.2. The maximum atomic E-state index is 13.7. The number of aromatic amines is 1. The summed E-state index contributed by atoms with van der Waals surface area (Å²) >= 11 is 0. The van der Waals surface area contributed by atoms with Crippen LogP contribution in [0.4, 0.5) is 14.5 Å². The minimum atomic E-state index is -4.14. The van der Waals surface area contributed by atoms with Crippen LogP contribution < -0.4 is 4.72 Å². The molecule has 1 heterocycles. The maximum Gasteiger partial charge on any atom is 0.341 e. The molecule has 3 rings (SSSR count). The second-order valence-corrected chi connectivity index (χ2v) is 6.76. The fraction of sp³-hybridized carbons (Fsp3) is 0. The van der Waals surface area contributed by atoms with Gasteiger partial charge in [-0.25, -0.2) is 27.0 Å². The van der Waals surface area contributed by atoms with Crippen molar-refractivity contribution < 1.29 is 27.1 Å². The summed E-state index contributed by atoms with van der Waals surface area (Å²) in [7, 11) is -4.14. The molecule has 0 fully saturated rings. The van der Waals surface area contributed by atoms with Crippen LogP contribution in [0.15, 0.2) is 47.6 Å². The van der Waals surface area contributed by atoms with Gasteiger partial charge in [0.15, 0.2) is 5.82 Å². The van der Waals surface area contributed by atoms with E-state index >= 15 is 0 Å². The van der Waals surface area contributed by atoms with Crippen LogP contribution >= 0.6 is 0 Å². The number of rotatable bonds is 5. The van der Waals surface area contributed by atoms with Gasteiger partial charge in [-0.3, -0.25) is 9.82 Å². The molecule has 0 aliphatic carbocycles. The molecule has 0 amide bonds. The molecule has 0 radical (unpaired) electrons. The van der Waals surface area contributed by atoms with Crippen LogP contribution in [0.5, 0.6) is 0 Å². The van der Waals surface area contributed by atoms with E-state index in [4.69, 9.17) is 5.11 Å². The molecule has 26 heavy (non-hydrogen) atoms. The number of carbonyl (C=O) groups is 1. The van der Waals surface area contributed by atoms with Crippen molar-refractivity contribution >= 4 is 21.7 Å². The van der Waals surface area contributed by atoms with E-state index < -0.39 is 38.9 Å². The molecule has 0 saturated carbocycles. The SMILES string of the molecule is O=C(O)c1c(F)cc(NS(=O)(=O)c2ccc(-c3nc[nH]n3)cc2)cc1F. The number of carboxylic acids is 1. The first-order valence-corrected chi connectivity index (χ1v) is 8.47. The molecule has 2 aromatic carbocycles. The third kappa shape index (κ3) is 3.37. The Hall–Kier alpha value is -3.34. The normalized spacial score (nSPS) is 11.3. The Bertz CT molecular complexity index is 1040. The van der Waals surface area contributed by atoms with E-state index in [9.17, 15) is 22.0 Å². The summed E-state index contributed by atoms with van der Waals surface area (Å²) < 4.78 is 54.0. The van der Waals surface area contributed by atoms with Gasteiger partial charge in [0.2, 0.25) is 0 Å². The zero-order valence-corrected chi connectivity index (χ0v) is 13.6. The number of aromatic nitrogens is 3. The fourth-order valence-corrected chi connectivity index (χ4v) is 3.22. The first kappa shape index (κ1) is 17.5. The van der Waals surface area contributed by atoms with Gasteiger partial charge in [0.05, 0.1) is 10.6 Å². The average Bonchev–Trinajstić information content (AvgIpc) is 3.08. The molecule has 8 nitrogen and oxygen atoms in total. The molecule has 3 N–H and O–H groups in total. The Morgan fingerprint density at radius 3 is 2.23 bits per heavy atom. The van der Waals surface area contributed by atoms with Crippen molar-refractivity contribution in [2.45, 2.75) is 4.90 Å². The van der Waals surface area contributed by atoms with E-state index in [-0.39, 0.29) is 4.90 Å². The number of halogens is 2. The quantitative estimate of drug-likeness (QED) is 0.623. The highest BCUT2D eigenvalue weighted by Crippen LogP contribution is 2.23. The second kappa shape index (κ2) is 6.52. The van der Waals surface area contributed by atoms with Crippen molar-refractivity contribution in [1.29, 1.82) is 0 Å². The summed E-state index contributed by atoms with van der Waals surface area (Å²) in [4.78, 5) is 14.5. The molecule has 0 unspecified atom stereocenters. The Morgan fingerprint density at radius 1 is 1.12 bits per heavy atom. The topological polar surface area (TPSA) is 125 Å². The Kier molecular flexibility index (Phi) is 4.38. The molecule has 0 bridgehead atoms. The number of sulfonamides is 1. The molecular weight excluding hydrogens is 370 g/mol. The standard InChI is InChI=1S/C15H10F2N4O4S/c16-11-5-9(6-12(17)13(11)15(22)23)21-26(24,25)10-3-1-8(2-4-10)14-18-7-19-20-14/h1-7,21H,(H,22,23)(H,18,19,20). The van der Waals surface area contributed by atoms with Gasteiger partial charge in [0.25, 0.3) is 10.0 Å². The molecule has 0 aliphatic rings. The molecule has 1 aromatic heterocycles. The number of aromatic carboxylic acids is 1. The number of anilines is 1. The third-order valence-corrected chi connectivity index (χ3v) is 4.74. The molecule has 0 aliphatic heterocycles. The van der Waals surface area contributed by atoms with Crippen LogP contribution in [0.2, 0.25) is 0 Å². The number of H-pyrrole nitrogens is 1. The van der Waals surface area contributed by atoms with Crippen molar-refractivity contribution in [3.8, 4) is 11.4 Å². The van der Waals surface area contributed by atoms with Crippen LogP contribution in [0.1, 0.15) is 10.4 Å². The van der Waals surface area contributed by atoms with Gasteiger partial charge < -0.3 is 5.11 Å². The largest absolute Gasteiger partial charge is 0.477 e. The van der Waals surface area contributed by atoms with Gasteiger partial charge in [0.1, 0.15) is 23.5 Å². The number of carboxylic acid groups (broad SMARTS) is 1. The lowest BCUT2D eigenvalue weighted by molar-refractivity contribution is 0.0686. The van der Waals surface area contributed by atoms with Crippen LogP contribution in [-0.2, 0) is 10.0 Å². The lowest BCUT2D eigenvalue weighted by atomic mass is 10.2. The van der Waals surface area contributed by atoms with Crippen molar-refractivity contribution in [2.75, 3.05) is 4.72 Å². The van der Waals surface area contributed by atoms with Gasteiger partial charge in [-0.15, -0.1) is 0 Å². The zero-order valence-electron chi connectivity index (χ0n) is 12.8. The predicted molar refractivity (Wildman–Crippen MR) is 85.9 cm³/mol. The van der Waals surface area contributed by atoms with Gasteiger partial charge >= 0.3 is 5.97 Å². The number of hydrogen-bond donors (Lipinski definition) is 3. The number of nitrogens with zero attached hydrogens (tertiary/aromatic N) is 2. The van der Waals surface area contributed by atoms with Gasteiger partial charge in [-0.2, -0.15) is 5.10 Å². The van der Waals surface area contributed by atoms with Crippen molar-refractivity contribution in [3.05, 3.63) is 59.9 Å². The molecule has 0 spiro atoms. The predicted octanol–water partition coefficient (Wildman–Crippen LogP) is 2.25. The van der Waals surface area contributed by atoms with E-state index in [1.54, 1.807) is 0 Å². The van der Waals surface area contributed by atoms with Crippen molar-refractivity contribution in [3.63, 3.8) is 0 Å². The van der Waals surface area contributed by atoms with Gasteiger partial charge in [-0.1, -0.05) is 0 Å². The summed E-state index contributed by atoms with van der Waals surface area (Å²) in [6.07, 6.45) is 1.37. The lowest BCUT2D eigenvalue weighted by Crippen LogP contribution is -2.14. The highest BCUT2D eigenvalue weighted by molar-refractivity contribution is 7.92. The smallest absolute Gasteiger partial charge is 0.341 e. The van der Waals surface area contributed by atoms with E-state index in [1.165, 1.54) is 30.6 Å². The van der Waals surface area contributed by atoms with Crippen LogP contribution in [0.3, 0.4) is 0 Å². The molecule has 11 heteroatoms. The molecule has 0 saturated heterocycles. The number of hydrogen-bond acceptors (Lipinski definition) is 5. The number of nitrogens with one attached hydrogen (secondary N) is 2. The first-order chi connectivity index (χ1) is 12.3.